The lowest BCUT2D eigenvalue weighted by atomic mass is 10.1. The van der Waals surface area contributed by atoms with Gasteiger partial charge in [-0.1, -0.05) is 0 Å². The van der Waals surface area contributed by atoms with Gasteiger partial charge in [0, 0.05) is 18.7 Å². The second-order valence-corrected chi connectivity index (χ2v) is 4.80. The van der Waals surface area contributed by atoms with Crippen molar-refractivity contribution in [2.75, 3.05) is 5.32 Å². The summed E-state index contributed by atoms with van der Waals surface area (Å²) in [6.07, 6.45) is 4.80. The van der Waals surface area contributed by atoms with Crippen LogP contribution in [0.2, 0.25) is 0 Å². The number of hydrogen-bond donors (Lipinski definition) is 2. The van der Waals surface area contributed by atoms with E-state index in [0.29, 0.717) is 12.2 Å². The van der Waals surface area contributed by atoms with E-state index < -0.39 is 6.10 Å². The predicted octanol–water partition coefficient (Wildman–Crippen LogP) is 3.34. The number of aromatic nitrogens is 1. The van der Waals surface area contributed by atoms with Crippen molar-refractivity contribution in [2.24, 2.45) is 0 Å². The zero-order valence-electron chi connectivity index (χ0n) is 11.1. The van der Waals surface area contributed by atoms with Gasteiger partial charge in [-0.3, -0.25) is 0 Å². The summed E-state index contributed by atoms with van der Waals surface area (Å²) in [5.41, 5.74) is 0.793. The smallest absolute Gasteiger partial charge is 0.139 e. The van der Waals surface area contributed by atoms with Crippen LogP contribution < -0.4 is 5.32 Å². The van der Waals surface area contributed by atoms with E-state index in [4.69, 9.17) is 8.83 Å². The number of nitrogens with zero attached hydrogens (tertiary/aromatic N) is 1. The fraction of sp³-hybridized carbons (Fsp3) is 0.267. The van der Waals surface area contributed by atoms with Crippen LogP contribution >= 0.6 is 0 Å². The number of furan rings is 2. The van der Waals surface area contributed by atoms with Gasteiger partial charge in [0.1, 0.15) is 23.3 Å². The maximum absolute atomic E-state index is 10.1. The van der Waals surface area contributed by atoms with E-state index in [1.165, 1.54) is 0 Å². The Hall–Kier alpha value is -2.27. The van der Waals surface area contributed by atoms with Crippen LogP contribution in [0.4, 0.5) is 5.82 Å². The van der Waals surface area contributed by atoms with Crippen LogP contribution in [0.5, 0.6) is 0 Å². The molecular weight excluding hydrogens is 256 g/mol. The zero-order valence-corrected chi connectivity index (χ0v) is 11.1. The molecular formula is C15H16N2O3. The third-order valence-electron chi connectivity index (χ3n) is 3.21. The van der Waals surface area contributed by atoms with Crippen molar-refractivity contribution >= 4 is 16.8 Å². The first-order chi connectivity index (χ1) is 9.74. The van der Waals surface area contributed by atoms with Crippen molar-refractivity contribution in [1.82, 2.24) is 4.98 Å². The summed E-state index contributed by atoms with van der Waals surface area (Å²) >= 11 is 0. The number of nitrogens with one attached hydrogen (secondary N) is 1. The Kier molecular flexibility index (Phi) is 3.43. The van der Waals surface area contributed by atoms with Crippen LogP contribution in [0.15, 0.2) is 51.8 Å². The topological polar surface area (TPSA) is 71.4 Å². The highest BCUT2D eigenvalue weighted by atomic mass is 16.4. The van der Waals surface area contributed by atoms with Crippen LogP contribution in [-0.2, 0) is 0 Å². The molecule has 2 N–H and O–H groups in total. The van der Waals surface area contributed by atoms with Gasteiger partial charge in [-0.25, -0.2) is 4.98 Å². The number of aliphatic hydroxyl groups excluding tert-OH is 1. The van der Waals surface area contributed by atoms with E-state index in [2.05, 4.69) is 10.3 Å². The molecule has 0 fully saturated rings. The lowest BCUT2D eigenvalue weighted by molar-refractivity contribution is 0.136. The van der Waals surface area contributed by atoms with Crippen LogP contribution in [-0.4, -0.2) is 16.1 Å². The highest BCUT2D eigenvalue weighted by Gasteiger charge is 2.16. The van der Waals surface area contributed by atoms with Crippen LogP contribution in [0, 0.1) is 0 Å². The summed E-state index contributed by atoms with van der Waals surface area (Å²) in [6.45, 7) is 1.99. The zero-order chi connectivity index (χ0) is 13.9. The minimum atomic E-state index is -0.629. The lowest BCUT2D eigenvalue weighted by Gasteiger charge is -2.17. The molecule has 3 rings (SSSR count). The van der Waals surface area contributed by atoms with E-state index in [-0.39, 0.29) is 6.04 Å². The van der Waals surface area contributed by atoms with Gasteiger partial charge in [0.2, 0.25) is 0 Å². The summed E-state index contributed by atoms with van der Waals surface area (Å²) in [4.78, 5) is 4.31. The van der Waals surface area contributed by atoms with E-state index in [1.807, 2.05) is 19.1 Å². The molecule has 20 heavy (non-hydrogen) atoms. The minimum absolute atomic E-state index is 0.0445. The molecule has 5 nitrogen and oxygen atoms in total. The third-order valence-corrected chi connectivity index (χ3v) is 3.21. The molecule has 0 saturated heterocycles. The van der Waals surface area contributed by atoms with E-state index >= 15 is 0 Å². The predicted molar refractivity (Wildman–Crippen MR) is 75.4 cm³/mol. The minimum Gasteiger partial charge on any atom is -0.467 e. The summed E-state index contributed by atoms with van der Waals surface area (Å²) in [7, 11) is 0. The Morgan fingerprint density at radius 3 is 2.95 bits per heavy atom. The van der Waals surface area contributed by atoms with E-state index in [0.717, 1.165) is 16.8 Å². The largest absolute Gasteiger partial charge is 0.467 e. The number of pyridine rings is 1. The highest BCUT2D eigenvalue weighted by molar-refractivity contribution is 5.87. The van der Waals surface area contributed by atoms with Crippen molar-refractivity contribution in [3.05, 3.63) is 48.7 Å². The quantitative estimate of drug-likeness (QED) is 0.745. The number of hydrogen-bond acceptors (Lipinski definition) is 5. The van der Waals surface area contributed by atoms with E-state index in [1.54, 1.807) is 30.9 Å². The average molecular weight is 272 g/mol. The molecule has 0 amide bonds. The fourth-order valence-electron chi connectivity index (χ4n) is 2.23. The van der Waals surface area contributed by atoms with Gasteiger partial charge < -0.3 is 19.3 Å². The molecule has 0 spiro atoms. The molecule has 0 bridgehead atoms. The second kappa shape index (κ2) is 5.38. The maximum atomic E-state index is 10.1. The first-order valence-corrected chi connectivity index (χ1v) is 6.54. The molecule has 0 aromatic carbocycles. The van der Waals surface area contributed by atoms with Gasteiger partial charge in [-0.15, -0.1) is 0 Å². The summed E-state index contributed by atoms with van der Waals surface area (Å²) in [5.74, 6) is 1.34. The van der Waals surface area contributed by atoms with Gasteiger partial charge in [0.05, 0.1) is 17.9 Å². The van der Waals surface area contributed by atoms with Crippen molar-refractivity contribution < 1.29 is 13.9 Å². The van der Waals surface area contributed by atoms with Gasteiger partial charge in [0.15, 0.2) is 0 Å². The fourth-order valence-corrected chi connectivity index (χ4v) is 2.23. The first-order valence-electron chi connectivity index (χ1n) is 6.54. The monoisotopic (exact) mass is 272 g/mol. The van der Waals surface area contributed by atoms with Crippen molar-refractivity contribution in [3.8, 4) is 0 Å². The Morgan fingerprint density at radius 2 is 2.15 bits per heavy atom. The summed E-state index contributed by atoms with van der Waals surface area (Å²) < 4.78 is 10.5. The standard InChI is InChI=1S/C15H16N2O3/c1-10(9-12(18)14-3-2-7-19-14)17-15-11-5-8-20-13(11)4-6-16-15/h2-8,10,12,18H,9H2,1H3,(H,16,17). The van der Waals surface area contributed by atoms with Crippen molar-refractivity contribution in [3.63, 3.8) is 0 Å². The third kappa shape index (κ3) is 2.53. The molecule has 0 saturated carbocycles. The Labute approximate surface area is 116 Å². The SMILES string of the molecule is CC(CC(O)c1ccco1)Nc1nccc2occc12. The molecule has 3 aromatic rings. The number of rotatable bonds is 5. The van der Waals surface area contributed by atoms with Crippen LogP contribution in [0.3, 0.4) is 0 Å². The first kappa shape index (κ1) is 12.7. The number of fused-ring (bicyclic) bond motifs is 1. The molecule has 2 atom stereocenters. The number of anilines is 1. The maximum Gasteiger partial charge on any atom is 0.139 e. The molecule has 5 heteroatoms. The summed E-state index contributed by atoms with van der Waals surface area (Å²) in [5, 5.41) is 14.3. The van der Waals surface area contributed by atoms with Crippen LogP contribution in [0.1, 0.15) is 25.2 Å². The van der Waals surface area contributed by atoms with E-state index in [9.17, 15) is 5.11 Å². The average Bonchev–Trinajstić information content (AvgIpc) is 3.10. The molecule has 3 heterocycles. The molecule has 0 aliphatic carbocycles. The molecule has 2 unspecified atom stereocenters. The second-order valence-electron chi connectivity index (χ2n) is 4.80. The van der Waals surface area contributed by atoms with Crippen molar-refractivity contribution in [2.45, 2.75) is 25.5 Å². The molecule has 0 radical (unpaired) electrons. The number of aliphatic hydroxyl groups is 1. The molecule has 3 aromatic heterocycles. The van der Waals surface area contributed by atoms with Gasteiger partial charge in [-0.05, 0) is 31.2 Å². The van der Waals surface area contributed by atoms with Gasteiger partial charge >= 0.3 is 0 Å². The highest BCUT2D eigenvalue weighted by Crippen LogP contribution is 2.24. The summed E-state index contributed by atoms with van der Waals surface area (Å²) in [6, 6.07) is 7.28. The Bertz CT molecular complexity index is 675. The normalized spacial score (nSPS) is 14.3. The van der Waals surface area contributed by atoms with Crippen LogP contribution in [0.25, 0.3) is 11.0 Å². The van der Waals surface area contributed by atoms with Crippen molar-refractivity contribution in [1.29, 1.82) is 0 Å². The Morgan fingerprint density at radius 1 is 1.25 bits per heavy atom. The Balaban J connectivity index is 1.70. The van der Waals surface area contributed by atoms with Gasteiger partial charge in [-0.2, -0.15) is 0 Å². The lowest BCUT2D eigenvalue weighted by Crippen LogP contribution is -2.19. The molecule has 0 aliphatic rings. The van der Waals surface area contributed by atoms with Gasteiger partial charge in [0.25, 0.3) is 0 Å². The molecule has 0 aliphatic heterocycles. The molecule has 104 valence electrons.